The molecule has 0 atom stereocenters. The quantitative estimate of drug-likeness (QED) is 0.572. The average molecular weight is 397 g/mol. The van der Waals surface area contributed by atoms with Crippen molar-refractivity contribution in [2.75, 3.05) is 51.2 Å². The zero-order valence-corrected chi connectivity index (χ0v) is 16.6. The van der Waals surface area contributed by atoms with Gasteiger partial charge in [-0.25, -0.2) is 4.99 Å². The molecule has 0 radical (unpaired) electrons. The highest BCUT2D eigenvalue weighted by Crippen LogP contribution is 2.33. The second kappa shape index (κ2) is 9.03. The van der Waals surface area contributed by atoms with Crippen LogP contribution >= 0.6 is 0 Å². The first-order valence-electron chi connectivity index (χ1n) is 10.0. The number of piperazine rings is 1. The van der Waals surface area contributed by atoms with Crippen molar-refractivity contribution in [1.29, 1.82) is 0 Å². The van der Waals surface area contributed by atoms with Crippen LogP contribution in [0.25, 0.3) is 0 Å². The molecule has 0 bridgehead atoms. The van der Waals surface area contributed by atoms with Gasteiger partial charge in [-0.05, 0) is 56.5 Å². The van der Waals surface area contributed by atoms with E-state index in [9.17, 15) is 13.2 Å². The Balaban J connectivity index is 1.81. The molecule has 2 aliphatic rings. The first-order chi connectivity index (χ1) is 13.4. The largest absolute Gasteiger partial charge is 0.416 e. The van der Waals surface area contributed by atoms with Crippen molar-refractivity contribution in [3.8, 4) is 0 Å². The molecule has 1 saturated heterocycles. The molecule has 1 aliphatic heterocycles. The number of halogens is 3. The first-order valence-corrected chi connectivity index (χ1v) is 10.0. The lowest BCUT2D eigenvalue weighted by Gasteiger charge is -2.35. The highest BCUT2D eigenvalue weighted by atomic mass is 19.4. The van der Waals surface area contributed by atoms with Crippen LogP contribution in [0.3, 0.4) is 0 Å². The maximum atomic E-state index is 13.2. The molecule has 28 heavy (non-hydrogen) atoms. The van der Waals surface area contributed by atoms with Crippen molar-refractivity contribution >= 4 is 11.6 Å². The molecule has 1 aromatic rings. The molecule has 1 aliphatic carbocycles. The van der Waals surface area contributed by atoms with Crippen molar-refractivity contribution in [2.45, 2.75) is 32.5 Å². The van der Waals surface area contributed by atoms with Gasteiger partial charge in [0.2, 0.25) is 0 Å². The van der Waals surface area contributed by atoms with E-state index < -0.39 is 11.7 Å². The van der Waals surface area contributed by atoms with Crippen molar-refractivity contribution < 1.29 is 13.2 Å². The van der Waals surface area contributed by atoms with Gasteiger partial charge in [-0.2, -0.15) is 13.2 Å². The van der Waals surface area contributed by atoms with Crippen LogP contribution in [0.2, 0.25) is 0 Å². The Morgan fingerprint density at radius 3 is 2.46 bits per heavy atom. The third-order valence-corrected chi connectivity index (χ3v) is 5.26. The molecule has 1 heterocycles. The molecule has 0 spiro atoms. The molecule has 1 saturated carbocycles. The number of hydrogen-bond donors (Lipinski definition) is 2. The van der Waals surface area contributed by atoms with Gasteiger partial charge >= 0.3 is 6.18 Å². The second-order valence-corrected chi connectivity index (χ2v) is 7.65. The number of alkyl halides is 3. The summed E-state index contributed by atoms with van der Waals surface area (Å²) in [5.41, 5.74) is 0.845. The summed E-state index contributed by atoms with van der Waals surface area (Å²) >= 11 is 0. The summed E-state index contributed by atoms with van der Waals surface area (Å²) in [4.78, 5) is 8.95. The molecule has 8 heteroatoms. The number of aliphatic imine (C=N–C) groups is 1. The van der Waals surface area contributed by atoms with Crippen molar-refractivity contribution in [3.63, 3.8) is 0 Å². The van der Waals surface area contributed by atoms with Crippen molar-refractivity contribution in [1.82, 2.24) is 15.5 Å². The minimum Gasteiger partial charge on any atom is -0.369 e. The van der Waals surface area contributed by atoms with E-state index in [1.165, 1.54) is 25.0 Å². The summed E-state index contributed by atoms with van der Waals surface area (Å²) in [5, 5.41) is 6.48. The lowest BCUT2D eigenvalue weighted by atomic mass is 10.1. The predicted octanol–water partition coefficient (Wildman–Crippen LogP) is 2.92. The van der Waals surface area contributed by atoms with Gasteiger partial charge in [-0.1, -0.05) is 0 Å². The number of hydrogen-bond acceptors (Lipinski definition) is 3. The highest BCUT2D eigenvalue weighted by Gasteiger charge is 2.31. The molecule has 2 fully saturated rings. The number of rotatable bonds is 6. The summed E-state index contributed by atoms with van der Waals surface area (Å²) < 4.78 is 39.7. The normalized spacial score (nSPS) is 19.0. The summed E-state index contributed by atoms with van der Waals surface area (Å²) in [6.07, 6.45) is -1.89. The minimum absolute atomic E-state index is 0.214. The molecule has 3 rings (SSSR count). The van der Waals surface area contributed by atoms with Gasteiger partial charge in [-0.3, -0.25) is 0 Å². The third kappa shape index (κ3) is 5.77. The van der Waals surface area contributed by atoms with Gasteiger partial charge in [0.1, 0.15) is 0 Å². The molecular weight excluding hydrogens is 367 g/mol. The Morgan fingerprint density at radius 2 is 1.86 bits per heavy atom. The van der Waals surface area contributed by atoms with E-state index in [0.717, 1.165) is 38.4 Å². The van der Waals surface area contributed by atoms with Crippen molar-refractivity contribution in [3.05, 3.63) is 29.3 Å². The number of likely N-dealkylation sites (N-methyl/N-ethyl adjacent to an activating group) is 1. The average Bonchev–Trinajstić information content (AvgIpc) is 3.48. The van der Waals surface area contributed by atoms with Crippen LogP contribution in [0.15, 0.2) is 23.2 Å². The van der Waals surface area contributed by atoms with E-state index in [-0.39, 0.29) is 6.54 Å². The maximum Gasteiger partial charge on any atom is 0.416 e. The Kier molecular flexibility index (Phi) is 6.69. The van der Waals surface area contributed by atoms with E-state index in [1.807, 2.05) is 6.92 Å². The Morgan fingerprint density at radius 1 is 1.14 bits per heavy atom. The molecule has 0 unspecified atom stereocenters. The van der Waals surface area contributed by atoms with Gasteiger partial charge in [0.15, 0.2) is 5.96 Å². The van der Waals surface area contributed by atoms with E-state index in [0.29, 0.717) is 24.0 Å². The first kappa shape index (κ1) is 20.8. The van der Waals surface area contributed by atoms with E-state index in [2.05, 4.69) is 32.5 Å². The molecule has 156 valence electrons. The molecule has 1 aromatic carbocycles. The van der Waals surface area contributed by atoms with Crippen LogP contribution in [0.1, 0.15) is 30.9 Å². The summed E-state index contributed by atoms with van der Waals surface area (Å²) in [7, 11) is 2.06. The lowest BCUT2D eigenvalue weighted by Crippen LogP contribution is -2.44. The molecule has 0 amide bonds. The van der Waals surface area contributed by atoms with Crippen LogP contribution in [-0.4, -0.2) is 57.2 Å². The zero-order chi connectivity index (χ0) is 20.1. The SMILES string of the molecule is CCNC(=NCc1cc(C(F)(F)F)ccc1N1CCN(C)CC1)NCC1CC1. The maximum absolute atomic E-state index is 13.2. The fraction of sp³-hybridized carbons (Fsp3) is 0.650. The molecule has 2 N–H and O–H groups in total. The van der Waals surface area contributed by atoms with Gasteiger partial charge in [-0.15, -0.1) is 0 Å². The van der Waals surface area contributed by atoms with Gasteiger partial charge < -0.3 is 20.4 Å². The van der Waals surface area contributed by atoms with Crippen LogP contribution in [0.4, 0.5) is 18.9 Å². The van der Waals surface area contributed by atoms with Crippen LogP contribution in [0, 0.1) is 5.92 Å². The standard InChI is InChI=1S/C20H30F3N5/c1-3-24-19(25-13-15-4-5-15)26-14-16-12-17(20(21,22)23)6-7-18(16)28-10-8-27(2)9-11-28/h6-7,12,15H,3-5,8-11,13-14H2,1-2H3,(H2,24,25,26). The molecular formula is C20H30F3N5. The van der Waals surface area contributed by atoms with Gasteiger partial charge in [0, 0.05) is 45.0 Å². The van der Waals surface area contributed by atoms with Gasteiger partial charge in [0.05, 0.1) is 12.1 Å². The van der Waals surface area contributed by atoms with Gasteiger partial charge in [0.25, 0.3) is 0 Å². The van der Waals surface area contributed by atoms with E-state index in [1.54, 1.807) is 6.07 Å². The number of benzene rings is 1. The second-order valence-electron chi connectivity index (χ2n) is 7.65. The van der Waals surface area contributed by atoms with Crippen LogP contribution in [-0.2, 0) is 12.7 Å². The van der Waals surface area contributed by atoms with Crippen molar-refractivity contribution in [2.24, 2.45) is 10.9 Å². The number of guanidine groups is 1. The summed E-state index contributed by atoms with van der Waals surface area (Å²) in [6, 6.07) is 4.03. The summed E-state index contributed by atoms with van der Waals surface area (Å²) in [6.45, 7) is 7.17. The van der Waals surface area contributed by atoms with Crippen LogP contribution < -0.4 is 15.5 Å². The van der Waals surface area contributed by atoms with E-state index in [4.69, 9.17) is 0 Å². The Bertz CT molecular complexity index is 677. The number of nitrogens with one attached hydrogen (secondary N) is 2. The fourth-order valence-electron chi connectivity index (χ4n) is 3.31. The topological polar surface area (TPSA) is 42.9 Å². The van der Waals surface area contributed by atoms with E-state index >= 15 is 0 Å². The minimum atomic E-state index is -4.35. The number of anilines is 1. The Hall–Kier alpha value is -1.96. The summed E-state index contributed by atoms with van der Waals surface area (Å²) in [5.74, 6) is 1.36. The Labute approximate surface area is 165 Å². The third-order valence-electron chi connectivity index (χ3n) is 5.26. The smallest absolute Gasteiger partial charge is 0.369 e. The lowest BCUT2D eigenvalue weighted by molar-refractivity contribution is -0.137. The molecule has 5 nitrogen and oxygen atoms in total. The molecule has 0 aromatic heterocycles. The predicted molar refractivity (Wildman–Crippen MR) is 107 cm³/mol. The fourth-order valence-corrected chi connectivity index (χ4v) is 3.31. The highest BCUT2D eigenvalue weighted by molar-refractivity contribution is 5.79. The zero-order valence-electron chi connectivity index (χ0n) is 16.6. The monoisotopic (exact) mass is 397 g/mol. The number of nitrogens with zero attached hydrogens (tertiary/aromatic N) is 3. The van der Waals surface area contributed by atoms with Crippen LogP contribution in [0.5, 0.6) is 0 Å².